The third-order valence-corrected chi connectivity index (χ3v) is 3.55. The van der Waals surface area contributed by atoms with E-state index in [4.69, 9.17) is 19.9 Å². The van der Waals surface area contributed by atoms with Gasteiger partial charge in [0.2, 0.25) is 5.88 Å². The first kappa shape index (κ1) is 17.2. The molecule has 1 aromatic rings. The molecule has 1 amide bonds. The second-order valence-electron chi connectivity index (χ2n) is 6.51. The lowest BCUT2D eigenvalue weighted by Gasteiger charge is -2.28. The fourth-order valence-electron chi connectivity index (χ4n) is 2.48. The number of rotatable bonds is 4. The van der Waals surface area contributed by atoms with Gasteiger partial charge in [-0.2, -0.15) is 0 Å². The van der Waals surface area contributed by atoms with Crippen LogP contribution in [-0.2, 0) is 4.74 Å². The van der Waals surface area contributed by atoms with E-state index >= 15 is 0 Å². The van der Waals surface area contributed by atoms with E-state index in [0.29, 0.717) is 30.5 Å². The van der Waals surface area contributed by atoms with Gasteiger partial charge in [0.05, 0.1) is 13.2 Å². The molecule has 0 unspecified atom stereocenters. The summed E-state index contributed by atoms with van der Waals surface area (Å²) in [5.74, 6) is 0.839. The van der Waals surface area contributed by atoms with Gasteiger partial charge in [0.25, 0.3) is 0 Å². The molecular weight excluding hydrogens is 298 g/mol. The quantitative estimate of drug-likeness (QED) is 0.916. The molecule has 0 saturated carbocycles. The maximum absolute atomic E-state index is 12.2. The molecule has 0 radical (unpaired) electrons. The third-order valence-electron chi connectivity index (χ3n) is 3.55. The van der Waals surface area contributed by atoms with Crippen molar-refractivity contribution in [2.45, 2.75) is 45.3 Å². The number of nitrogen functional groups attached to an aromatic ring is 1. The van der Waals surface area contributed by atoms with Crippen molar-refractivity contribution >= 4 is 11.8 Å². The Balaban J connectivity index is 1.98. The maximum Gasteiger partial charge on any atom is 0.410 e. The van der Waals surface area contributed by atoms with Gasteiger partial charge in [-0.15, -0.1) is 0 Å². The van der Waals surface area contributed by atoms with Crippen molar-refractivity contribution in [2.24, 2.45) is 0 Å². The molecule has 0 aliphatic carbocycles. The van der Waals surface area contributed by atoms with Gasteiger partial charge < -0.3 is 24.8 Å². The van der Waals surface area contributed by atoms with Crippen LogP contribution in [0.5, 0.6) is 11.6 Å². The van der Waals surface area contributed by atoms with E-state index in [9.17, 15) is 4.79 Å². The van der Waals surface area contributed by atoms with Gasteiger partial charge in [-0.1, -0.05) is 0 Å². The van der Waals surface area contributed by atoms with Gasteiger partial charge in [-0.05, 0) is 33.6 Å². The highest BCUT2D eigenvalue weighted by Crippen LogP contribution is 2.29. The molecule has 0 aromatic carbocycles. The number of amides is 1. The number of methoxy groups -OCH3 is 1. The van der Waals surface area contributed by atoms with Crippen molar-refractivity contribution in [3.63, 3.8) is 0 Å². The van der Waals surface area contributed by atoms with Crippen LogP contribution in [0.4, 0.5) is 10.5 Å². The van der Waals surface area contributed by atoms with E-state index in [-0.39, 0.29) is 12.1 Å². The van der Waals surface area contributed by atoms with Gasteiger partial charge in [-0.3, -0.25) is 0 Å². The first-order chi connectivity index (χ1) is 10.8. The van der Waals surface area contributed by atoms with Crippen LogP contribution >= 0.6 is 0 Å². The molecule has 2 N–H and O–H groups in total. The Labute approximate surface area is 136 Å². The Morgan fingerprint density at radius 1 is 1.48 bits per heavy atom. The molecule has 1 fully saturated rings. The molecule has 7 heteroatoms. The Bertz CT molecular complexity index is 557. The summed E-state index contributed by atoms with van der Waals surface area (Å²) in [6.07, 6.45) is 3.05. The Kier molecular flexibility index (Phi) is 5.18. The van der Waals surface area contributed by atoms with E-state index in [0.717, 1.165) is 12.8 Å². The molecular formula is C16H25N3O4. The van der Waals surface area contributed by atoms with Crippen LogP contribution in [0.1, 0.15) is 33.6 Å². The summed E-state index contributed by atoms with van der Waals surface area (Å²) >= 11 is 0. The lowest BCUT2D eigenvalue weighted by atomic mass is 10.2. The number of hydrogen-bond acceptors (Lipinski definition) is 6. The van der Waals surface area contributed by atoms with E-state index in [2.05, 4.69) is 4.98 Å². The summed E-state index contributed by atoms with van der Waals surface area (Å²) in [6.45, 7) is 6.56. The number of ether oxygens (including phenoxy) is 3. The zero-order valence-corrected chi connectivity index (χ0v) is 14.2. The number of hydrogen-bond donors (Lipinski definition) is 1. The zero-order valence-electron chi connectivity index (χ0n) is 14.2. The predicted molar refractivity (Wildman–Crippen MR) is 86.7 cm³/mol. The summed E-state index contributed by atoms with van der Waals surface area (Å²) < 4.78 is 16.3. The number of likely N-dealkylation sites (tertiary alicyclic amines) is 1. The molecule has 1 atom stereocenters. The molecule has 1 aliphatic rings. The average molecular weight is 323 g/mol. The SMILES string of the molecule is COc1ccnc(OC[C@H]2CCCN2C(=O)OC(C)(C)C)c1N. The molecule has 23 heavy (non-hydrogen) atoms. The van der Waals surface area contributed by atoms with Gasteiger partial charge in [-0.25, -0.2) is 9.78 Å². The molecule has 7 nitrogen and oxygen atoms in total. The Hall–Kier alpha value is -2.18. The highest BCUT2D eigenvalue weighted by atomic mass is 16.6. The molecule has 2 heterocycles. The number of aromatic nitrogens is 1. The van der Waals surface area contributed by atoms with Crippen LogP contribution in [0.15, 0.2) is 12.3 Å². The topological polar surface area (TPSA) is 86.9 Å². The molecule has 1 aliphatic heterocycles. The van der Waals surface area contributed by atoms with Crippen molar-refractivity contribution in [1.82, 2.24) is 9.88 Å². The van der Waals surface area contributed by atoms with Crippen LogP contribution < -0.4 is 15.2 Å². The number of anilines is 1. The number of nitrogens with zero attached hydrogens (tertiary/aromatic N) is 2. The summed E-state index contributed by atoms with van der Waals surface area (Å²) in [5.41, 5.74) is 5.79. The van der Waals surface area contributed by atoms with Gasteiger partial charge in [0.15, 0.2) is 0 Å². The molecule has 1 saturated heterocycles. The van der Waals surface area contributed by atoms with Gasteiger partial charge in [0, 0.05) is 18.8 Å². The lowest BCUT2D eigenvalue weighted by molar-refractivity contribution is 0.0186. The average Bonchev–Trinajstić information content (AvgIpc) is 2.93. The molecule has 1 aromatic heterocycles. The normalized spacial score (nSPS) is 17.9. The number of nitrogens with two attached hydrogens (primary N) is 1. The highest BCUT2D eigenvalue weighted by Gasteiger charge is 2.32. The summed E-state index contributed by atoms with van der Waals surface area (Å²) in [7, 11) is 1.54. The predicted octanol–water partition coefficient (Wildman–Crippen LogP) is 2.45. The second-order valence-corrected chi connectivity index (χ2v) is 6.51. The number of pyridine rings is 1. The third kappa shape index (κ3) is 4.40. The molecule has 128 valence electrons. The van der Waals surface area contributed by atoms with Gasteiger partial charge in [0.1, 0.15) is 23.6 Å². The van der Waals surface area contributed by atoms with Crippen molar-refractivity contribution in [3.05, 3.63) is 12.3 Å². The first-order valence-corrected chi connectivity index (χ1v) is 7.72. The first-order valence-electron chi connectivity index (χ1n) is 7.72. The monoisotopic (exact) mass is 323 g/mol. The minimum absolute atomic E-state index is 0.0442. The highest BCUT2D eigenvalue weighted by molar-refractivity contribution is 5.69. The van der Waals surface area contributed by atoms with Crippen LogP contribution in [0.25, 0.3) is 0 Å². The van der Waals surface area contributed by atoms with E-state index in [1.807, 2.05) is 20.8 Å². The molecule has 2 rings (SSSR count). The Morgan fingerprint density at radius 3 is 2.87 bits per heavy atom. The fraction of sp³-hybridized carbons (Fsp3) is 0.625. The smallest absolute Gasteiger partial charge is 0.410 e. The fourth-order valence-corrected chi connectivity index (χ4v) is 2.48. The van der Waals surface area contributed by atoms with Gasteiger partial charge >= 0.3 is 6.09 Å². The van der Waals surface area contributed by atoms with Crippen LogP contribution in [0.3, 0.4) is 0 Å². The standard InChI is InChI=1S/C16H25N3O4/c1-16(2,3)23-15(20)19-9-5-6-11(19)10-22-14-13(17)12(21-4)7-8-18-14/h7-8,11H,5-6,9-10,17H2,1-4H3/t11-/m1/s1. The van der Waals surface area contributed by atoms with Crippen LogP contribution in [0.2, 0.25) is 0 Å². The summed E-state index contributed by atoms with van der Waals surface area (Å²) in [6, 6.07) is 1.63. The lowest BCUT2D eigenvalue weighted by Crippen LogP contribution is -2.42. The van der Waals surface area contributed by atoms with Crippen molar-refractivity contribution in [2.75, 3.05) is 26.0 Å². The maximum atomic E-state index is 12.2. The van der Waals surface area contributed by atoms with Crippen LogP contribution in [-0.4, -0.2) is 47.9 Å². The summed E-state index contributed by atoms with van der Waals surface area (Å²) in [4.78, 5) is 18.1. The zero-order chi connectivity index (χ0) is 17.0. The van der Waals surface area contributed by atoms with E-state index < -0.39 is 5.60 Å². The minimum Gasteiger partial charge on any atom is -0.494 e. The van der Waals surface area contributed by atoms with Crippen molar-refractivity contribution in [3.8, 4) is 11.6 Å². The molecule has 0 bridgehead atoms. The second kappa shape index (κ2) is 6.93. The van der Waals surface area contributed by atoms with Crippen molar-refractivity contribution in [1.29, 1.82) is 0 Å². The van der Waals surface area contributed by atoms with Crippen LogP contribution in [0, 0.1) is 0 Å². The van der Waals surface area contributed by atoms with Crippen molar-refractivity contribution < 1.29 is 19.0 Å². The Morgan fingerprint density at radius 2 is 2.22 bits per heavy atom. The minimum atomic E-state index is -0.510. The number of carbonyl (C=O) groups is 1. The van der Waals surface area contributed by atoms with E-state index in [1.54, 1.807) is 17.2 Å². The van der Waals surface area contributed by atoms with E-state index in [1.165, 1.54) is 7.11 Å². The largest absolute Gasteiger partial charge is 0.494 e. The molecule has 0 spiro atoms. The number of carbonyl (C=O) groups excluding carboxylic acids is 1. The summed E-state index contributed by atoms with van der Waals surface area (Å²) in [5, 5.41) is 0.